The smallest absolute Gasteiger partial charge is 0.410 e. The van der Waals surface area contributed by atoms with Gasteiger partial charge in [-0.3, -0.25) is 0 Å². The minimum Gasteiger partial charge on any atom is -0.474 e. The van der Waals surface area contributed by atoms with Crippen LogP contribution in [-0.2, 0) is 4.74 Å². The maximum absolute atomic E-state index is 12.5. The van der Waals surface area contributed by atoms with E-state index in [9.17, 15) is 4.79 Å². The average molecular weight is 344 g/mol. The number of aromatic nitrogens is 1. The molecule has 1 saturated carbocycles. The molecule has 2 aliphatic heterocycles. The Hall–Kier alpha value is -1.78. The summed E-state index contributed by atoms with van der Waals surface area (Å²) in [7, 11) is 0. The second kappa shape index (κ2) is 6.19. The van der Waals surface area contributed by atoms with Gasteiger partial charge in [-0.05, 0) is 64.0 Å². The predicted molar refractivity (Wildman–Crippen MR) is 94.7 cm³/mol. The van der Waals surface area contributed by atoms with Crippen molar-refractivity contribution in [2.24, 2.45) is 0 Å². The van der Waals surface area contributed by atoms with E-state index in [4.69, 9.17) is 9.47 Å². The number of hydrogen-bond donors (Lipinski definition) is 0. The fraction of sp³-hybridized carbons (Fsp3) is 0.700. The lowest BCUT2D eigenvalue weighted by atomic mass is 10.00. The van der Waals surface area contributed by atoms with Gasteiger partial charge in [0.05, 0.1) is 0 Å². The molecule has 5 heteroatoms. The highest BCUT2D eigenvalue weighted by atomic mass is 16.6. The van der Waals surface area contributed by atoms with Crippen LogP contribution in [0.5, 0.6) is 5.88 Å². The van der Waals surface area contributed by atoms with Crippen LogP contribution in [0.2, 0.25) is 0 Å². The van der Waals surface area contributed by atoms with Crippen molar-refractivity contribution in [2.75, 3.05) is 0 Å². The lowest BCUT2D eigenvalue weighted by Crippen LogP contribution is -2.50. The third kappa shape index (κ3) is 3.75. The summed E-state index contributed by atoms with van der Waals surface area (Å²) in [5, 5.41) is 0. The third-order valence-electron chi connectivity index (χ3n) is 5.39. The Balaban J connectivity index is 1.39. The first kappa shape index (κ1) is 16.7. The second-order valence-corrected chi connectivity index (χ2v) is 8.69. The van der Waals surface area contributed by atoms with E-state index in [1.54, 1.807) is 0 Å². The van der Waals surface area contributed by atoms with Crippen molar-refractivity contribution in [1.82, 2.24) is 9.88 Å². The van der Waals surface area contributed by atoms with Crippen molar-refractivity contribution in [2.45, 2.75) is 89.0 Å². The molecule has 2 bridgehead atoms. The van der Waals surface area contributed by atoms with Crippen LogP contribution < -0.4 is 4.74 Å². The fourth-order valence-corrected chi connectivity index (χ4v) is 4.17. The molecule has 136 valence electrons. The van der Waals surface area contributed by atoms with Crippen molar-refractivity contribution in [3.8, 4) is 5.88 Å². The Labute approximate surface area is 149 Å². The highest BCUT2D eigenvalue weighted by Gasteiger charge is 2.45. The summed E-state index contributed by atoms with van der Waals surface area (Å²) in [5.41, 5.74) is 0.899. The molecule has 1 aromatic heterocycles. The number of rotatable bonds is 3. The predicted octanol–water partition coefficient (Wildman–Crippen LogP) is 4.27. The zero-order valence-electron chi connectivity index (χ0n) is 15.4. The molecule has 3 aliphatic rings. The average Bonchev–Trinajstić information content (AvgIpc) is 3.32. The number of nitrogens with zero attached hydrogens (tertiary/aromatic N) is 2. The highest BCUT2D eigenvalue weighted by Crippen LogP contribution is 2.41. The molecule has 1 amide bonds. The van der Waals surface area contributed by atoms with E-state index < -0.39 is 5.60 Å². The van der Waals surface area contributed by atoms with Gasteiger partial charge in [-0.15, -0.1) is 0 Å². The van der Waals surface area contributed by atoms with Crippen molar-refractivity contribution >= 4 is 6.09 Å². The van der Waals surface area contributed by atoms with E-state index in [-0.39, 0.29) is 24.3 Å². The first-order valence-electron chi connectivity index (χ1n) is 9.53. The van der Waals surface area contributed by atoms with Crippen LogP contribution in [0.4, 0.5) is 4.79 Å². The number of amides is 1. The number of carbonyl (C=O) groups is 1. The van der Waals surface area contributed by atoms with Crippen LogP contribution in [0.1, 0.15) is 70.8 Å². The minimum absolute atomic E-state index is 0.137. The SMILES string of the molecule is CC(C)(C)OC(=O)N1[C@@H]2CC[C@H]1C[C@@H](Oc1cc(C3CC3)ccn1)C2. The molecule has 3 fully saturated rings. The second-order valence-electron chi connectivity index (χ2n) is 8.69. The van der Waals surface area contributed by atoms with Gasteiger partial charge in [0.15, 0.2) is 0 Å². The van der Waals surface area contributed by atoms with Gasteiger partial charge in [0.25, 0.3) is 0 Å². The van der Waals surface area contributed by atoms with Gasteiger partial charge in [-0.2, -0.15) is 0 Å². The maximum atomic E-state index is 12.5. The zero-order valence-corrected chi connectivity index (χ0v) is 15.4. The molecule has 0 aromatic carbocycles. The lowest BCUT2D eigenvalue weighted by molar-refractivity contribution is -0.00760. The highest BCUT2D eigenvalue weighted by molar-refractivity contribution is 5.69. The molecule has 0 N–H and O–H groups in total. The molecule has 3 atom stereocenters. The Morgan fingerprint density at radius 3 is 2.44 bits per heavy atom. The largest absolute Gasteiger partial charge is 0.474 e. The lowest BCUT2D eigenvalue weighted by Gasteiger charge is -2.39. The first-order chi connectivity index (χ1) is 11.9. The summed E-state index contributed by atoms with van der Waals surface area (Å²) >= 11 is 0. The standard InChI is InChI=1S/C20H28N2O3/c1-20(2,3)25-19(23)22-15-6-7-16(22)12-17(11-15)24-18-10-14(8-9-21-18)13-4-5-13/h8-10,13,15-17H,4-7,11-12H2,1-3H3/t15-,16+,17+. The number of pyridine rings is 1. The first-order valence-corrected chi connectivity index (χ1v) is 9.53. The number of hydrogen-bond acceptors (Lipinski definition) is 4. The fourth-order valence-electron chi connectivity index (χ4n) is 4.17. The van der Waals surface area contributed by atoms with Gasteiger partial charge in [-0.1, -0.05) is 0 Å². The molecule has 0 spiro atoms. The van der Waals surface area contributed by atoms with E-state index in [1.165, 1.54) is 18.4 Å². The number of fused-ring (bicyclic) bond motifs is 2. The molecule has 1 aromatic rings. The van der Waals surface area contributed by atoms with Gasteiger partial charge >= 0.3 is 6.09 Å². The summed E-state index contributed by atoms with van der Waals surface area (Å²) in [5.74, 6) is 1.44. The number of ether oxygens (including phenoxy) is 2. The van der Waals surface area contributed by atoms with Gasteiger partial charge in [-0.25, -0.2) is 9.78 Å². The molecule has 1 aliphatic carbocycles. The van der Waals surface area contributed by atoms with Crippen LogP contribution in [-0.4, -0.2) is 39.8 Å². The van der Waals surface area contributed by atoms with E-state index >= 15 is 0 Å². The van der Waals surface area contributed by atoms with Crippen LogP contribution >= 0.6 is 0 Å². The Morgan fingerprint density at radius 1 is 1.16 bits per heavy atom. The summed E-state index contributed by atoms with van der Waals surface area (Å²) in [6.45, 7) is 5.75. The Kier molecular flexibility index (Phi) is 4.13. The van der Waals surface area contributed by atoms with Crippen molar-refractivity contribution in [3.63, 3.8) is 0 Å². The summed E-state index contributed by atoms with van der Waals surface area (Å²) in [4.78, 5) is 18.9. The van der Waals surface area contributed by atoms with Gasteiger partial charge in [0.1, 0.15) is 11.7 Å². The summed E-state index contributed by atoms with van der Waals surface area (Å²) in [6, 6.07) is 4.65. The number of carbonyl (C=O) groups excluding carboxylic acids is 1. The molecule has 5 nitrogen and oxygen atoms in total. The normalized spacial score (nSPS) is 28.8. The molecule has 2 saturated heterocycles. The molecule has 4 rings (SSSR count). The third-order valence-corrected chi connectivity index (χ3v) is 5.39. The molecular formula is C20H28N2O3. The summed E-state index contributed by atoms with van der Waals surface area (Å²) < 4.78 is 11.8. The van der Waals surface area contributed by atoms with Crippen LogP contribution in [0, 0.1) is 0 Å². The van der Waals surface area contributed by atoms with E-state index in [1.807, 2.05) is 31.9 Å². The quantitative estimate of drug-likeness (QED) is 0.822. The minimum atomic E-state index is -0.447. The Bertz CT molecular complexity index is 637. The van der Waals surface area contributed by atoms with Crippen LogP contribution in [0.25, 0.3) is 0 Å². The maximum Gasteiger partial charge on any atom is 0.410 e. The van der Waals surface area contributed by atoms with Crippen molar-refractivity contribution in [3.05, 3.63) is 23.9 Å². The Morgan fingerprint density at radius 2 is 1.84 bits per heavy atom. The van der Waals surface area contributed by atoms with E-state index in [0.717, 1.165) is 31.6 Å². The topological polar surface area (TPSA) is 51.7 Å². The van der Waals surface area contributed by atoms with Gasteiger partial charge in [0, 0.05) is 37.2 Å². The van der Waals surface area contributed by atoms with Gasteiger partial charge < -0.3 is 14.4 Å². The van der Waals surface area contributed by atoms with Crippen LogP contribution in [0.3, 0.4) is 0 Å². The molecule has 3 heterocycles. The zero-order chi connectivity index (χ0) is 17.6. The summed E-state index contributed by atoms with van der Waals surface area (Å²) in [6.07, 6.45) is 8.19. The molecule has 0 unspecified atom stereocenters. The van der Waals surface area contributed by atoms with Crippen molar-refractivity contribution < 1.29 is 14.3 Å². The molecular weight excluding hydrogens is 316 g/mol. The van der Waals surface area contributed by atoms with Gasteiger partial charge in [0.2, 0.25) is 5.88 Å². The number of piperidine rings is 1. The monoisotopic (exact) mass is 344 g/mol. The molecule has 25 heavy (non-hydrogen) atoms. The van der Waals surface area contributed by atoms with Crippen LogP contribution in [0.15, 0.2) is 18.3 Å². The molecule has 0 radical (unpaired) electrons. The van der Waals surface area contributed by atoms with E-state index in [0.29, 0.717) is 5.92 Å². The van der Waals surface area contributed by atoms with Crippen molar-refractivity contribution in [1.29, 1.82) is 0 Å². The van der Waals surface area contributed by atoms with E-state index in [2.05, 4.69) is 17.1 Å².